The topological polar surface area (TPSA) is 73.0 Å². The molecule has 2 saturated heterocycles. The van der Waals surface area contributed by atoms with Crippen molar-refractivity contribution in [2.24, 2.45) is 0 Å². The highest BCUT2D eigenvalue weighted by Crippen LogP contribution is 2.33. The van der Waals surface area contributed by atoms with Crippen LogP contribution in [0.25, 0.3) is 0 Å². The molecule has 3 atom stereocenters. The summed E-state index contributed by atoms with van der Waals surface area (Å²) in [5.41, 5.74) is -1.54. The number of hydrogen-bond donors (Lipinski definition) is 1. The number of imide groups is 1. The SMILES string of the molecule is CC1NC(=O)C2(C(=O)N(C)C(=O)N2C)N(C)C1C. The molecule has 0 aromatic carbocycles. The Morgan fingerprint density at radius 3 is 2.11 bits per heavy atom. The molecule has 2 heterocycles. The molecular formula is C11H18N4O3. The number of nitrogens with zero attached hydrogens (tertiary/aromatic N) is 3. The molecule has 2 fully saturated rings. The lowest BCUT2D eigenvalue weighted by Gasteiger charge is -2.48. The highest BCUT2D eigenvalue weighted by molar-refractivity contribution is 6.19. The van der Waals surface area contributed by atoms with Gasteiger partial charge in [-0.25, -0.2) is 4.79 Å². The number of rotatable bonds is 0. The third kappa shape index (κ3) is 1.19. The summed E-state index contributed by atoms with van der Waals surface area (Å²) in [6, 6.07) is -0.590. The van der Waals surface area contributed by atoms with Gasteiger partial charge in [0.2, 0.25) is 0 Å². The summed E-state index contributed by atoms with van der Waals surface area (Å²) < 4.78 is 0. The number of carbonyl (C=O) groups is 3. The minimum Gasteiger partial charge on any atom is -0.348 e. The Morgan fingerprint density at radius 2 is 1.67 bits per heavy atom. The summed E-state index contributed by atoms with van der Waals surface area (Å²) in [4.78, 5) is 40.4. The Hall–Kier alpha value is -1.63. The average molecular weight is 254 g/mol. The first-order valence-corrected chi connectivity index (χ1v) is 5.86. The van der Waals surface area contributed by atoms with Crippen LogP contribution in [0.1, 0.15) is 13.8 Å². The van der Waals surface area contributed by atoms with E-state index in [0.717, 1.165) is 4.90 Å². The quantitative estimate of drug-likeness (QED) is 0.446. The molecule has 1 spiro atoms. The van der Waals surface area contributed by atoms with Gasteiger partial charge >= 0.3 is 6.03 Å². The van der Waals surface area contributed by atoms with Crippen molar-refractivity contribution in [2.45, 2.75) is 31.6 Å². The summed E-state index contributed by atoms with van der Waals surface area (Å²) in [6.07, 6.45) is 0. The van der Waals surface area contributed by atoms with Gasteiger partial charge in [0.15, 0.2) is 0 Å². The number of amides is 4. The smallest absolute Gasteiger partial charge is 0.328 e. The Kier molecular flexibility index (Phi) is 2.62. The van der Waals surface area contributed by atoms with Crippen molar-refractivity contribution in [3.05, 3.63) is 0 Å². The van der Waals surface area contributed by atoms with Gasteiger partial charge in [0.05, 0.1) is 0 Å². The van der Waals surface area contributed by atoms with E-state index in [1.165, 1.54) is 19.0 Å². The van der Waals surface area contributed by atoms with E-state index in [0.29, 0.717) is 0 Å². The van der Waals surface area contributed by atoms with Crippen LogP contribution in [-0.4, -0.2) is 71.4 Å². The lowest BCUT2D eigenvalue weighted by atomic mass is 9.96. The third-order valence-corrected chi connectivity index (χ3v) is 4.18. The van der Waals surface area contributed by atoms with Crippen molar-refractivity contribution >= 4 is 17.8 Å². The molecule has 7 nitrogen and oxygen atoms in total. The average Bonchev–Trinajstić information content (AvgIpc) is 2.49. The molecule has 0 bridgehead atoms. The zero-order valence-electron chi connectivity index (χ0n) is 11.2. The number of piperazine rings is 1. The maximum Gasteiger partial charge on any atom is 0.328 e. The monoisotopic (exact) mass is 254 g/mol. The number of hydrogen-bond acceptors (Lipinski definition) is 4. The number of carbonyl (C=O) groups excluding carboxylic acids is 3. The van der Waals surface area contributed by atoms with Crippen LogP contribution in [0.5, 0.6) is 0 Å². The summed E-state index contributed by atoms with van der Waals surface area (Å²) in [7, 11) is 4.56. The van der Waals surface area contributed by atoms with E-state index in [9.17, 15) is 14.4 Å². The van der Waals surface area contributed by atoms with Gasteiger partial charge in [0.25, 0.3) is 17.5 Å². The van der Waals surface area contributed by atoms with Crippen LogP contribution < -0.4 is 5.32 Å². The van der Waals surface area contributed by atoms with Crippen molar-refractivity contribution in [2.75, 3.05) is 21.1 Å². The second-order valence-electron chi connectivity index (χ2n) is 4.99. The van der Waals surface area contributed by atoms with Gasteiger partial charge in [0, 0.05) is 26.2 Å². The fourth-order valence-electron chi connectivity index (χ4n) is 2.68. The van der Waals surface area contributed by atoms with E-state index in [-0.39, 0.29) is 12.1 Å². The standard InChI is InChI=1S/C11H18N4O3/c1-6-7(2)14(4)11(8(16)12-6)9(17)13(3)10(18)15(11)5/h6-7H,1-5H3,(H,12,16). The van der Waals surface area contributed by atoms with E-state index < -0.39 is 23.5 Å². The number of nitrogens with one attached hydrogen (secondary N) is 1. The lowest BCUT2D eigenvalue weighted by Crippen LogP contribution is -2.76. The van der Waals surface area contributed by atoms with Gasteiger partial charge in [-0.2, -0.15) is 0 Å². The number of urea groups is 1. The second-order valence-corrected chi connectivity index (χ2v) is 4.99. The highest BCUT2D eigenvalue weighted by atomic mass is 16.2. The van der Waals surface area contributed by atoms with E-state index in [2.05, 4.69) is 5.32 Å². The molecule has 0 radical (unpaired) electrons. The van der Waals surface area contributed by atoms with Gasteiger partial charge < -0.3 is 5.32 Å². The molecule has 100 valence electrons. The molecule has 0 aliphatic carbocycles. The van der Waals surface area contributed by atoms with Crippen molar-refractivity contribution in [3.8, 4) is 0 Å². The minimum atomic E-state index is -1.54. The first kappa shape index (κ1) is 12.8. The Labute approximate surface area is 106 Å². The van der Waals surface area contributed by atoms with Crippen LogP contribution in [0.3, 0.4) is 0 Å². The Morgan fingerprint density at radius 1 is 1.11 bits per heavy atom. The molecule has 0 saturated carbocycles. The zero-order chi connectivity index (χ0) is 13.8. The molecule has 2 aliphatic heterocycles. The molecule has 7 heteroatoms. The summed E-state index contributed by atoms with van der Waals surface area (Å²) in [6.45, 7) is 3.78. The van der Waals surface area contributed by atoms with E-state index in [1.807, 2.05) is 13.8 Å². The molecule has 2 aliphatic rings. The largest absolute Gasteiger partial charge is 0.348 e. The van der Waals surface area contributed by atoms with E-state index >= 15 is 0 Å². The van der Waals surface area contributed by atoms with Gasteiger partial charge in [-0.1, -0.05) is 0 Å². The Balaban J connectivity index is 2.55. The maximum absolute atomic E-state index is 12.3. The molecule has 2 rings (SSSR count). The predicted octanol–water partition coefficient (Wildman–Crippen LogP) is -0.955. The summed E-state index contributed by atoms with van der Waals surface area (Å²) in [5.74, 6) is -0.949. The highest BCUT2D eigenvalue weighted by Gasteiger charge is 2.65. The van der Waals surface area contributed by atoms with Crippen molar-refractivity contribution < 1.29 is 14.4 Å². The van der Waals surface area contributed by atoms with Crippen LogP contribution in [0.15, 0.2) is 0 Å². The van der Waals surface area contributed by atoms with Gasteiger partial charge in [-0.05, 0) is 20.9 Å². The third-order valence-electron chi connectivity index (χ3n) is 4.18. The molecule has 18 heavy (non-hydrogen) atoms. The second kappa shape index (κ2) is 3.68. The first-order valence-electron chi connectivity index (χ1n) is 5.86. The van der Waals surface area contributed by atoms with E-state index in [4.69, 9.17) is 0 Å². The fraction of sp³-hybridized carbons (Fsp3) is 0.727. The summed E-state index contributed by atoms with van der Waals surface area (Å²) >= 11 is 0. The summed E-state index contributed by atoms with van der Waals surface area (Å²) in [5, 5.41) is 2.77. The fourth-order valence-corrected chi connectivity index (χ4v) is 2.68. The lowest BCUT2D eigenvalue weighted by molar-refractivity contribution is -0.162. The zero-order valence-corrected chi connectivity index (χ0v) is 11.2. The van der Waals surface area contributed by atoms with Crippen LogP contribution >= 0.6 is 0 Å². The van der Waals surface area contributed by atoms with Crippen LogP contribution in [0.2, 0.25) is 0 Å². The number of likely N-dealkylation sites (N-methyl/N-ethyl adjacent to an activating group) is 3. The maximum atomic E-state index is 12.3. The molecular weight excluding hydrogens is 236 g/mol. The molecule has 1 N–H and O–H groups in total. The van der Waals surface area contributed by atoms with E-state index in [1.54, 1.807) is 11.9 Å². The normalized spacial score (nSPS) is 37.7. The van der Waals surface area contributed by atoms with Crippen molar-refractivity contribution in [1.29, 1.82) is 0 Å². The first-order chi connectivity index (χ1) is 8.26. The predicted molar refractivity (Wildman–Crippen MR) is 63.5 cm³/mol. The molecule has 0 aromatic rings. The van der Waals surface area contributed by atoms with Crippen molar-refractivity contribution in [3.63, 3.8) is 0 Å². The van der Waals surface area contributed by atoms with Crippen LogP contribution in [0, 0.1) is 0 Å². The Bertz CT molecular complexity index is 438. The molecule has 4 amide bonds. The van der Waals surface area contributed by atoms with Crippen LogP contribution in [0.4, 0.5) is 4.79 Å². The molecule has 0 aromatic heterocycles. The van der Waals surface area contributed by atoms with Gasteiger partial charge in [-0.15, -0.1) is 0 Å². The van der Waals surface area contributed by atoms with Gasteiger partial charge in [0.1, 0.15) is 0 Å². The van der Waals surface area contributed by atoms with Crippen LogP contribution in [-0.2, 0) is 9.59 Å². The molecule has 3 unspecified atom stereocenters. The minimum absolute atomic E-state index is 0.0478. The van der Waals surface area contributed by atoms with Gasteiger partial charge in [-0.3, -0.25) is 24.3 Å². The van der Waals surface area contributed by atoms with Crippen molar-refractivity contribution in [1.82, 2.24) is 20.0 Å².